The first kappa shape index (κ1) is 25.1. The van der Waals surface area contributed by atoms with E-state index in [-0.39, 0.29) is 33.5 Å². The van der Waals surface area contributed by atoms with Crippen molar-refractivity contribution in [2.45, 2.75) is 141 Å². The van der Waals surface area contributed by atoms with E-state index in [9.17, 15) is 0 Å². The highest BCUT2D eigenvalue weighted by atomic mass is 35.5. The van der Waals surface area contributed by atoms with E-state index in [0.717, 1.165) is 6.42 Å². The van der Waals surface area contributed by atoms with E-state index in [4.69, 9.17) is 25.5 Å². The highest BCUT2D eigenvalue weighted by Crippen LogP contribution is 2.69. The molecule has 1 saturated heterocycles. The number of hydrogen-bond acceptors (Lipinski definition) is 3. The van der Waals surface area contributed by atoms with E-state index in [1.807, 2.05) is 0 Å². The van der Waals surface area contributed by atoms with Crippen LogP contribution in [0.2, 0.25) is 18.1 Å². The standard InChI is InChI=1S/C28H49ClO3Si/c1-25(2,3)33(8,9)32-20-14-13-17-21-22(19(29)16-28(17,20)7)27(6)15-11-10-12-18(27)23-24(21)31-26(4,5)30-23/h17-24H,10-16H2,1-9H3/t17?,18?,19-,20-,21?,22?,23+,24+,27-,28-/m0/s1. The van der Waals surface area contributed by atoms with Gasteiger partial charge in [-0.3, -0.25) is 0 Å². The van der Waals surface area contributed by atoms with Crippen molar-refractivity contribution in [1.82, 2.24) is 0 Å². The molecule has 33 heavy (non-hydrogen) atoms. The molecule has 190 valence electrons. The fraction of sp³-hybridized carbons (Fsp3) is 1.00. The highest BCUT2D eigenvalue weighted by molar-refractivity contribution is 6.74. The molecule has 0 N–H and O–H groups in total. The molecule has 1 heterocycles. The first-order chi connectivity index (χ1) is 15.1. The van der Waals surface area contributed by atoms with Gasteiger partial charge in [0.15, 0.2) is 14.1 Å². The Morgan fingerprint density at radius 2 is 1.55 bits per heavy atom. The van der Waals surface area contributed by atoms with Gasteiger partial charge in [-0.2, -0.15) is 0 Å². The third kappa shape index (κ3) is 3.66. The van der Waals surface area contributed by atoms with Gasteiger partial charge in [0.2, 0.25) is 0 Å². The second-order valence-corrected chi connectivity index (χ2v) is 20.1. The molecule has 0 aromatic rings. The lowest BCUT2D eigenvalue weighted by atomic mass is 9.43. The summed E-state index contributed by atoms with van der Waals surface area (Å²) in [6.07, 6.45) is 9.43. The van der Waals surface area contributed by atoms with Crippen LogP contribution in [0.4, 0.5) is 0 Å². The van der Waals surface area contributed by atoms with Crippen molar-refractivity contribution in [3.8, 4) is 0 Å². The monoisotopic (exact) mass is 496 g/mol. The lowest BCUT2D eigenvalue weighted by Gasteiger charge is -2.64. The average molecular weight is 497 g/mol. The lowest BCUT2D eigenvalue weighted by Crippen LogP contribution is -2.65. The minimum absolute atomic E-state index is 0.127. The van der Waals surface area contributed by atoms with Crippen LogP contribution in [0.3, 0.4) is 0 Å². The number of ether oxygens (including phenoxy) is 2. The summed E-state index contributed by atoms with van der Waals surface area (Å²) >= 11 is 7.50. The molecule has 0 amide bonds. The summed E-state index contributed by atoms with van der Waals surface area (Å²) in [4.78, 5) is 0. The van der Waals surface area contributed by atoms with E-state index in [0.29, 0.717) is 29.8 Å². The van der Waals surface area contributed by atoms with Gasteiger partial charge in [-0.1, -0.05) is 47.5 Å². The zero-order valence-electron chi connectivity index (χ0n) is 22.7. The Morgan fingerprint density at radius 1 is 0.879 bits per heavy atom. The number of fused-ring (bicyclic) bond motifs is 8. The van der Waals surface area contributed by atoms with Crippen molar-refractivity contribution in [3.05, 3.63) is 0 Å². The first-order valence-corrected chi connectivity index (χ1v) is 17.1. The molecule has 10 atom stereocenters. The van der Waals surface area contributed by atoms with Crippen LogP contribution in [0.5, 0.6) is 0 Å². The fourth-order valence-electron chi connectivity index (χ4n) is 8.96. The Kier molecular flexibility index (Phi) is 5.84. The van der Waals surface area contributed by atoms with Gasteiger partial charge in [0, 0.05) is 5.38 Å². The van der Waals surface area contributed by atoms with Crippen molar-refractivity contribution in [1.29, 1.82) is 0 Å². The molecule has 1 aliphatic heterocycles. The molecule has 5 rings (SSSR count). The van der Waals surface area contributed by atoms with Crippen LogP contribution in [0, 0.1) is 34.5 Å². The Hall–Kier alpha value is 0.387. The van der Waals surface area contributed by atoms with Crippen LogP contribution < -0.4 is 0 Å². The topological polar surface area (TPSA) is 27.7 Å². The Morgan fingerprint density at radius 3 is 2.21 bits per heavy atom. The second-order valence-electron chi connectivity index (χ2n) is 14.8. The van der Waals surface area contributed by atoms with Crippen molar-refractivity contribution in [3.63, 3.8) is 0 Å². The lowest BCUT2D eigenvalue weighted by molar-refractivity contribution is -0.180. The molecule has 0 bridgehead atoms. The van der Waals surface area contributed by atoms with E-state index in [1.165, 1.54) is 38.5 Å². The predicted molar refractivity (Wildman–Crippen MR) is 138 cm³/mol. The summed E-state index contributed by atoms with van der Waals surface area (Å²) in [5.74, 6) is 1.69. The third-order valence-corrected chi connectivity index (χ3v) is 16.4. The Balaban J connectivity index is 1.53. The molecular weight excluding hydrogens is 448 g/mol. The predicted octanol–water partition coefficient (Wildman–Crippen LogP) is 7.77. The Labute approximate surface area is 209 Å². The number of hydrogen-bond donors (Lipinski definition) is 0. The SMILES string of the molecule is CC1(C)O[C@@H]2C3C([C@@H](Cl)C[C@@]4(C)C3CC[C@@H]4O[Si](C)(C)C(C)(C)C)[C@@]3(C)CCCCC3[C@H]2O1. The molecule has 4 unspecified atom stereocenters. The summed E-state index contributed by atoms with van der Waals surface area (Å²) < 4.78 is 20.7. The second kappa shape index (κ2) is 7.70. The summed E-state index contributed by atoms with van der Waals surface area (Å²) in [6.45, 7) is 21.2. The van der Waals surface area contributed by atoms with E-state index in [1.54, 1.807) is 0 Å². The smallest absolute Gasteiger partial charge is 0.192 e. The van der Waals surface area contributed by atoms with Gasteiger partial charge in [0.05, 0.1) is 18.3 Å². The van der Waals surface area contributed by atoms with E-state index in [2.05, 4.69) is 61.6 Å². The van der Waals surface area contributed by atoms with Crippen molar-refractivity contribution < 1.29 is 13.9 Å². The largest absolute Gasteiger partial charge is 0.413 e. The van der Waals surface area contributed by atoms with Crippen LogP contribution >= 0.6 is 11.6 Å². The first-order valence-electron chi connectivity index (χ1n) is 13.8. The molecule has 5 fully saturated rings. The van der Waals surface area contributed by atoms with Crippen molar-refractivity contribution >= 4 is 19.9 Å². The van der Waals surface area contributed by atoms with Crippen molar-refractivity contribution in [2.75, 3.05) is 0 Å². The zero-order valence-corrected chi connectivity index (χ0v) is 24.4. The maximum Gasteiger partial charge on any atom is 0.192 e. The molecule has 0 aromatic heterocycles. The molecule has 5 heteroatoms. The van der Waals surface area contributed by atoms with Gasteiger partial charge >= 0.3 is 0 Å². The maximum absolute atomic E-state index is 7.50. The minimum atomic E-state index is -1.85. The summed E-state index contributed by atoms with van der Waals surface area (Å²) in [5.41, 5.74) is 0.390. The molecule has 0 radical (unpaired) electrons. The van der Waals surface area contributed by atoms with Crippen LogP contribution in [-0.2, 0) is 13.9 Å². The van der Waals surface area contributed by atoms with Crippen LogP contribution in [0.15, 0.2) is 0 Å². The van der Waals surface area contributed by atoms with Gasteiger partial charge in [-0.25, -0.2) is 0 Å². The van der Waals surface area contributed by atoms with E-state index < -0.39 is 14.1 Å². The summed E-state index contributed by atoms with van der Waals surface area (Å²) in [6, 6.07) is 0. The van der Waals surface area contributed by atoms with E-state index >= 15 is 0 Å². The van der Waals surface area contributed by atoms with Crippen LogP contribution in [0.25, 0.3) is 0 Å². The van der Waals surface area contributed by atoms with Gasteiger partial charge in [-0.15, -0.1) is 11.6 Å². The maximum atomic E-state index is 7.50. The summed E-state index contributed by atoms with van der Waals surface area (Å²) in [5, 5.41) is 0.420. The van der Waals surface area contributed by atoms with Crippen LogP contribution in [-0.4, -0.2) is 37.8 Å². The van der Waals surface area contributed by atoms with Gasteiger partial charge in [-0.05, 0) is 98.6 Å². The van der Waals surface area contributed by atoms with Crippen molar-refractivity contribution in [2.24, 2.45) is 34.5 Å². The normalized spacial score (nSPS) is 51.5. The minimum Gasteiger partial charge on any atom is -0.413 e. The third-order valence-electron chi connectivity index (χ3n) is 11.5. The molecule has 0 aromatic carbocycles. The molecular formula is C28H49ClO3Si. The zero-order chi connectivity index (χ0) is 24.2. The van der Waals surface area contributed by atoms with Gasteiger partial charge in [0.1, 0.15) is 0 Å². The number of rotatable bonds is 2. The van der Waals surface area contributed by atoms with Crippen LogP contribution in [0.1, 0.15) is 93.4 Å². The molecule has 5 aliphatic rings. The van der Waals surface area contributed by atoms with Gasteiger partial charge in [0.25, 0.3) is 0 Å². The molecule has 4 saturated carbocycles. The number of halogens is 1. The number of alkyl halides is 1. The molecule has 0 spiro atoms. The quantitative estimate of drug-likeness (QED) is 0.288. The molecule has 4 aliphatic carbocycles. The highest BCUT2D eigenvalue weighted by Gasteiger charge is 2.70. The molecule has 3 nitrogen and oxygen atoms in total. The van der Waals surface area contributed by atoms with Gasteiger partial charge < -0.3 is 13.9 Å². The Bertz CT molecular complexity index is 778. The summed E-state index contributed by atoms with van der Waals surface area (Å²) in [7, 11) is -1.85. The average Bonchev–Trinajstić information content (AvgIpc) is 3.15. The fourth-order valence-corrected chi connectivity index (χ4v) is 11.2.